The van der Waals surface area contributed by atoms with Crippen LogP contribution >= 0.6 is 0 Å². The minimum atomic E-state index is -0.554. The van der Waals surface area contributed by atoms with Gasteiger partial charge in [-0.25, -0.2) is 0 Å². The molecule has 0 heterocycles. The van der Waals surface area contributed by atoms with Crippen LogP contribution in [0.2, 0.25) is 0 Å². The SMILES string of the molecule is CC/C=C\C/C=C\C/C=C\C/C=C\C/C=C\CCCCCC(=O)OCC(COCCCCCCCCCCCCCCCC)OC(=O)CCCCCCC/C=C\CCCCCC. The molecular weight excluding hydrogens is 765 g/mol. The van der Waals surface area contributed by atoms with Gasteiger partial charge in [-0.15, -0.1) is 0 Å². The highest BCUT2D eigenvalue weighted by atomic mass is 16.6. The molecule has 1 atom stereocenters. The highest BCUT2D eigenvalue weighted by molar-refractivity contribution is 5.70. The maximum Gasteiger partial charge on any atom is 0.306 e. The summed E-state index contributed by atoms with van der Waals surface area (Å²) in [6.07, 6.45) is 67.6. The van der Waals surface area contributed by atoms with Gasteiger partial charge in [0.1, 0.15) is 6.61 Å². The number of hydrogen-bond acceptors (Lipinski definition) is 5. The van der Waals surface area contributed by atoms with E-state index in [2.05, 4.69) is 93.7 Å². The molecule has 0 aromatic heterocycles. The summed E-state index contributed by atoms with van der Waals surface area (Å²) in [5.41, 5.74) is 0. The van der Waals surface area contributed by atoms with Gasteiger partial charge in [0, 0.05) is 19.4 Å². The van der Waals surface area contributed by atoms with Gasteiger partial charge in [0.2, 0.25) is 0 Å². The van der Waals surface area contributed by atoms with E-state index in [1.54, 1.807) is 0 Å². The normalized spacial score (nSPS) is 12.8. The van der Waals surface area contributed by atoms with Crippen molar-refractivity contribution in [3.8, 4) is 0 Å². The van der Waals surface area contributed by atoms with Crippen molar-refractivity contribution in [1.82, 2.24) is 0 Å². The molecule has 0 amide bonds. The molecule has 1 unspecified atom stereocenters. The number of ether oxygens (including phenoxy) is 3. The predicted molar refractivity (Wildman–Crippen MR) is 270 cm³/mol. The van der Waals surface area contributed by atoms with Crippen LogP contribution in [0.15, 0.2) is 72.9 Å². The Morgan fingerprint density at radius 1 is 0.371 bits per heavy atom. The molecule has 0 aliphatic heterocycles. The lowest BCUT2D eigenvalue weighted by atomic mass is 10.0. The second kappa shape index (κ2) is 52.7. The molecule has 0 spiro atoms. The van der Waals surface area contributed by atoms with E-state index in [9.17, 15) is 9.59 Å². The Morgan fingerprint density at radius 2 is 0.726 bits per heavy atom. The van der Waals surface area contributed by atoms with Crippen LogP contribution in [0.1, 0.15) is 252 Å². The zero-order chi connectivity index (χ0) is 44.9. The van der Waals surface area contributed by atoms with Crippen LogP contribution < -0.4 is 0 Å². The van der Waals surface area contributed by atoms with E-state index in [0.717, 1.165) is 96.3 Å². The third kappa shape index (κ3) is 50.0. The molecule has 358 valence electrons. The van der Waals surface area contributed by atoms with Crippen LogP contribution in [0.4, 0.5) is 0 Å². The fourth-order valence-electron chi connectivity index (χ4n) is 7.30. The third-order valence-corrected chi connectivity index (χ3v) is 11.2. The zero-order valence-electron chi connectivity index (χ0n) is 41.1. The summed E-state index contributed by atoms with van der Waals surface area (Å²) in [6.45, 7) is 7.68. The molecule has 5 heteroatoms. The molecule has 0 aromatic carbocycles. The van der Waals surface area contributed by atoms with E-state index in [1.807, 2.05) is 0 Å². The second-order valence-corrected chi connectivity index (χ2v) is 17.4. The predicted octanol–water partition coefficient (Wildman–Crippen LogP) is 17.9. The van der Waals surface area contributed by atoms with Crippen LogP contribution in [0.25, 0.3) is 0 Å². The monoisotopic (exact) mass is 865 g/mol. The topological polar surface area (TPSA) is 61.8 Å². The van der Waals surface area contributed by atoms with Gasteiger partial charge in [-0.3, -0.25) is 9.59 Å². The third-order valence-electron chi connectivity index (χ3n) is 11.2. The second-order valence-electron chi connectivity index (χ2n) is 17.4. The Labute approximate surface area is 385 Å². The lowest BCUT2D eigenvalue weighted by Crippen LogP contribution is -2.30. The molecule has 62 heavy (non-hydrogen) atoms. The minimum Gasteiger partial charge on any atom is -0.462 e. The maximum absolute atomic E-state index is 12.8. The average molecular weight is 865 g/mol. The standard InChI is InChI=1S/C57H100O5/c1-4-7-10-13-16-19-22-25-27-28-29-30-31-33-35-38-41-44-47-50-56(58)61-54-55(53-60-52-49-46-43-40-37-34-26-23-20-17-14-11-8-5-2)62-57(59)51-48-45-42-39-36-32-24-21-18-15-12-9-6-3/h7,10,16,19,21,24-25,27,29-30,33,35,55H,4-6,8-9,11-15,17-18,20,22-23,26,28,31-32,34,36-54H2,1-3H3/b10-7-,19-16-,24-21-,27-25-,30-29-,35-33-. The van der Waals surface area contributed by atoms with Crippen molar-refractivity contribution >= 4 is 11.9 Å². The molecule has 0 saturated heterocycles. The molecule has 0 aromatic rings. The number of allylic oxidation sites excluding steroid dienone is 12. The van der Waals surface area contributed by atoms with Gasteiger partial charge in [-0.2, -0.15) is 0 Å². The first-order valence-corrected chi connectivity index (χ1v) is 26.5. The van der Waals surface area contributed by atoms with Crippen LogP contribution in [0.5, 0.6) is 0 Å². The molecule has 0 N–H and O–H groups in total. The Balaban J connectivity index is 4.32. The van der Waals surface area contributed by atoms with Gasteiger partial charge in [-0.05, 0) is 89.9 Å². The molecule has 0 bridgehead atoms. The fourth-order valence-corrected chi connectivity index (χ4v) is 7.30. The van der Waals surface area contributed by atoms with Gasteiger partial charge < -0.3 is 14.2 Å². The number of carbonyl (C=O) groups excluding carboxylic acids is 2. The van der Waals surface area contributed by atoms with Crippen LogP contribution in [0.3, 0.4) is 0 Å². The van der Waals surface area contributed by atoms with Crippen molar-refractivity contribution in [2.75, 3.05) is 19.8 Å². The summed E-state index contributed by atoms with van der Waals surface area (Å²) in [5, 5.41) is 0. The van der Waals surface area contributed by atoms with Crippen LogP contribution in [-0.2, 0) is 23.8 Å². The number of esters is 2. The smallest absolute Gasteiger partial charge is 0.306 e. The number of hydrogen-bond donors (Lipinski definition) is 0. The molecule has 0 aliphatic carbocycles. The lowest BCUT2D eigenvalue weighted by molar-refractivity contribution is -0.163. The number of carbonyl (C=O) groups is 2. The van der Waals surface area contributed by atoms with E-state index in [0.29, 0.717) is 19.4 Å². The Morgan fingerprint density at radius 3 is 1.21 bits per heavy atom. The van der Waals surface area contributed by atoms with Crippen molar-refractivity contribution < 1.29 is 23.8 Å². The summed E-state index contributed by atoms with van der Waals surface area (Å²) in [7, 11) is 0. The van der Waals surface area contributed by atoms with Gasteiger partial charge >= 0.3 is 11.9 Å². The molecule has 0 rings (SSSR count). The van der Waals surface area contributed by atoms with Crippen molar-refractivity contribution in [3.05, 3.63) is 72.9 Å². The Kier molecular flexibility index (Phi) is 50.4. The molecular formula is C57H100O5. The van der Waals surface area contributed by atoms with Crippen molar-refractivity contribution in [2.24, 2.45) is 0 Å². The summed E-state index contributed by atoms with van der Waals surface area (Å²) < 4.78 is 17.4. The first-order chi connectivity index (χ1) is 30.6. The van der Waals surface area contributed by atoms with Gasteiger partial charge in [0.05, 0.1) is 6.61 Å². The van der Waals surface area contributed by atoms with Gasteiger partial charge in [-0.1, -0.05) is 222 Å². The Hall–Kier alpha value is -2.66. The summed E-state index contributed by atoms with van der Waals surface area (Å²) >= 11 is 0. The summed E-state index contributed by atoms with van der Waals surface area (Å²) in [4.78, 5) is 25.4. The Bertz CT molecular complexity index is 1110. The van der Waals surface area contributed by atoms with E-state index in [-0.39, 0.29) is 25.2 Å². The summed E-state index contributed by atoms with van der Waals surface area (Å²) in [5.74, 6) is -0.438. The van der Waals surface area contributed by atoms with E-state index < -0.39 is 6.10 Å². The highest BCUT2D eigenvalue weighted by Crippen LogP contribution is 2.14. The van der Waals surface area contributed by atoms with Crippen LogP contribution in [0, 0.1) is 0 Å². The fraction of sp³-hybridized carbons (Fsp3) is 0.754. The van der Waals surface area contributed by atoms with Crippen molar-refractivity contribution in [3.63, 3.8) is 0 Å². The zero-order valence-corrected chi connectivity index (χ0v) is 41.1. The van der Waals surface area contributed by atoms with Crippen molar-refractivity contribution in [2.45, 2.75) is 258 Å². The minimum absolute atomic E-state index is 0.0650. The molecule has 0 radical (unpaired) electrons. The number of unbranched alkanes of at least 4 members (excludes halogenated alkanes) is 25. The van der Waals surface area contributed by atoms with Gasteiger partial charge in [0.25, 0.3) is 0 Å². The largest absolute Gasteiger partial charge is 0.462 e. The van der Waals surface area contributed by atoms with Crippen LogP contribution in [-0.4, -0.2) is 37.9 Å². The quantitative estimate of drug-likeness (QED) is 0.0346. The first kappa shape index (κ1) is 59.3. The maximum atomic E-state index is 12.8. The summed E-state index contributed by atoms with van der Waals surface area (Å²) in [6, 6.07) is 0. The molecule has 0 aliphatic rings. The average Bonchev–Trinajstić information content (AvgIpc) is 3.27. The first-order valence-electron chi connectivity index (χ1n) is 26.5. The molecule has 0 fully saturated rings. The van der Waals surface area contributed by atoms with Crippen molar-refractivity contribution in [1.29, 1.82) is 0 Å². The lowest BCUT2D eigenvalue weighted by Gasteiger charge is -2.18. The van der Waals surface area contributed by atoms with E-state index >= 15 is 0 Å². The van der Waals surface area contributed by atoms with E-state index in [1.165, 1.54) is 122 Å². The van der Waals surface area contributed by atoms with Gasteiger partial charge in [0.15, 0.2) is 6.10 Å². The van der Waals surface area contributed by atoms with E-state index in [4.69, 9.17) is 14.2 Å². The molecule has 5 nitrogen and oxygen atoms in total. The molecule has 0 saturated carbocycles. The highest BCUT2D eigenvalue weighted by Gasteiger charge is 2.17. The number of rotatable bonds is 48.